The molecule has 69 heavy (non-hydrogen) atoms. The molecule has 6 nitrogen and oxygen atoms in total. The van der Waals surface area contributed by atoms with E-state index in [0.29, 0.717) is 19.3 Å². The van der Waals surface area contributed by atoms with Crippen LogP contribution in [0.3, 0.4) is 0 Å². The molecule has 0 saturated heterocycles. The molecule has 0 aromatic carbocycles. The van der Waals surface area contributed by atoms with Gasteiger partial charge >= 0.3 is 17.9 Å². The maximum absolute atomic E-state index is 12.9. The minimum Gasteiger partial charge on any atom is -0.462 e. The van der Waals surface area contributed by atoms with Crippen LogP contribution in [-0.4, -0.2) is 37.2 Å². The predicted octanol–water partition coefficient (Wildman–Crippen LogP) is 19.3. The van der Waals surface area contributed by atoms with Crippen LogP contribution >= 0.6 is 0 Å². The Morgan fingerprint density at radius 3 is 0.884 bits per heavy atom. The van der Waals surface area contributed by atoms with E-state index in [4.69, 9.17) is 14.2 Å². The summed E-state index contributed by atoms with van der Waals surface area (Å²) in [5, 5.41) is 0. The Hall–Kier alpha value is -3.67. The third kappa shape index (κ3) is 55.1. The van der Waals surface area contributed by atoms with Gasteiger partial charge in [0.1, 0.15) is 13.2 Å². The van der Waals surface area contributed by atoms with Gasteiger partial charge in [0.15, 0.2) is 6.10 Å². The third-order valence-corrected chi connectivity index (χ3v) is 12.1. The fraction of sp³-hybridized carbons (Fsp3) is 0.698. The molecule has 0 aliphatic carbocycles. The molecule has 0 aliphatic rings. The van der Waals surface area contributed by atoms with Gasteiger partial charge in [-0.2, -0.15) is 0 Å². The number of allylic oxidation sites excluding steroid dienone is 16. The summed E-state index contributed by atoms with van der Waals surface area (Å²) in [6.07, 6.45) is 75.3. The number of rotatable bonds is 51. The molecule has 394 valence electrons. The summed E-state index contributed by atoms with van der Waals surface area (Å²) < 4.78 is 16.9. The lowest BCUT2D eigenvalue weighted by Gasteiger charge is -2.18. The SMILES string of the molecule is CC/C=C\C/C=C\C/C=C\C/C=C\C/C=C\CCCCCCCC(=O)OCC(COC(=O)CCCCCCCCCCCCCCC)OC(=O)CCCCCCCCC/C=C\C/C=C\C/C=C\CC. The molecule has 0 fully saturated rings. The van der Waals surface area contributed by atoms with Gasteiger partial charge in [-0.1, -0.05) is 246 Å². The molecular formula is C63H106O6. The monoisotopic (exact) mass is 959 g/mol. The standard InChI is InChI=1S/C63H106O6/c1-4-7-10-13-16-19-22-25-27-29-30-31-32-34-35-38-41-44-47-50-53-56-62(65)68-59-60(58-67-61(64)55-52-49-46-43-40-37-24-21-18-15-12-9-6-3)69-63(66)57-54-51-48-45-42-39-36-33-28-26-23-20-17-14-11-8-5-2/h7-8,10-11,16-17,19-20,25-28,30-31,34-35,60H,4-6,9,12-15,18,21-24,29,32-33,36-59H2,1-3H3/b10-7-,11-8-,19-16-,20-17-,27-25-,28-26-,31-30-,35-34-. The highest BCUT2D eigenvalue weighted by Gasteiger charge is 2.19. The number of esters is 3. The fourth-order valence-corrected chi connectivity index (χ4v) is 7.84. The molecule has 0 radical (unpaired) electrons. The highest BCUT2D eigenvalue weighted by molar-refractivity contribution is 5.71. The summed E-state index contributed by atoms with van der Waals surface area (Å²) in [4.78, 5) is 38.2. The summed E-state index contributed by atoms with van der Waals surface area (Å²) in [5.74, 6) is -0.912. The number of unbranched alkanes of at least 4 members (excludes halogenated alkanes) is 24. The number of ether oxygens (including phenoxy) is 3. The molecule has 0 heterocycles. The lowest BCUT2D eigenvalue weighted by Crippen LogP contribution is -2.30. The molecule has 0 amide bonds. The number of carbonyl (C=O) groups is 3. The van der Waals surface area contributed by atoms with Crippen molar-refractivity contribution in [2.45, 2.75) is 271 Å². The maximum atomic E-state index is 12.9. The molecule has 0 saturated carbocycles. The minimum absolute atomic E-state index is 0.0866. The second-order valence-corrected chi connectivity index (χ2v) is 18.8. The molecule has 1 atom stereocenters. The third-order valence-electron chi connectivity index (χ3n) is 12.1. The van der Waals surface area contributed by atoms with Crippen molar-refractivity contribution < 1.29 is 28.6 Å². The van der Waals surface area contributed by atoms with E-state index in [1.54, 1.807) is 0 Å². The van der Waals surface area contributed by atoms with E-state index in [-0.39, 0.29) is 31.1 Å². The summed E-state index contributed by atoms with van der Waals surface area (Å²) in [5.41, 5.74) is 0. The zero-order valence-corrected chi connectivity index (χ0v) is 45.0. The van der Waals surface area contributed by atoms with Crippen LogP contribution in [0.15, 0.2) is 97.2 Å². The fourth-order valence-electron chi connectivity index (χ4n) is 7.84. The van der Waals surface area contributed by atoms with E-state index in [1.165, 1.54) is 89.9 Å². The topological polar surface area (TPSA) is 78.9 Å². The van der Waals surface area contributed by atoms with Gasteiger partial charge in [0.2, 0.25) is 0 Å². The Labute approximate surface area is 426 Å². The zero-order valence-electron chi connectivity index (χ0n) is 45.0. The first kappa shape index (κ1) is 65.3. The Morgan fingerprint density at radius 2 is 0.565 bits per heavy atom. The summed E-state index contributed by atoms with van der Waals surface area (Å²) >= 11 is 0. The zero-order chi connectivity index (χ0) is 50.0. The van der Waals surface area contributed by atoms with Crippen LogP contribution in [0, 0.1) is 0 Å². The lowest BCUT2D eigenvalue weighted by atomic mass is 10.0. The Morgan fingerprint density at radius 1 is 0.304 bits per heavy atom. The lowest BCUT2D eigenvalue weighted by molar-refractivity contribution is -0.167. The van der Waals surface area contributed by atoms with Gasteiger partial charge in [0, 0.05) is 19.3 Å². The molecule has 1 unspecified atom stereocenters. The smallest absolute Gasteiger partial charge is 0.306 e. The molecule has 0 N–H and O–H groups in total. The number of carbonyl (C=O) groups excluding carboxylic acids is 3. The van der Waals surface area contributed by atoms with E-state index < -0.39 is 6.10 Å². The predicted molar refractivity (Wildman–Crippen MR) is 297 cm³/mol. The summed E-state index contributed by atoms with van der Waals surface area (Å²) in [7, 11) is 0. The van der Waals surface area contributed by atoms with Gasteiger partial charge in [0.25, 0.3) is 0 Å². The number of hydrogen-bond acceptors (Lipinski definition) is 6. The van der Waals surface area contributed by atoms with Crippen molar-refractivity contribution in [1.82, 2.24) is 0 Å². The molecule has 0 aromatic rings. The van der Waals surface area contributed by atoms with Gasteiger partial charge in [-0.25, -0.2) is 0 Å². The molecule has 0 aliphatic heterocycles. The highest BCUT2D eigenvalue weighted by atomic mass is 16.6. The normalized spacial score (nSPS) is 12.8. The maximum Gasteiger partial charge on any atom is 0.306 e. The molecule has 0 bridgehead atoms. The molecule has 0 spiro atoms. The Balaban J connectivity index is 4.42. The Bertz CT molecular complexity index is 1380. The average Bonchev–Trinajstić information content (AvgIpc) is 3.35. The largest absolute Gasteiger partial charge is 0.462 e. The van der Waals surface area contributed by atoms with Crippen molar-refractivity contribution in [3.05, 3.63) is 97.2 Å². The van der Waals surface area contributed by atoms with E-state index >= 15 is 0 Å². The van der Waals surface area contributed by atoms with Gasteiger partial charge < -0.3 is 14.2 Å². The van der Waals surface area contributed by atoms with Crippen LogP contribution in [0.25, 0.3) is 0 Å². The highest BCUT2D eigenvalue weighted by Crippen LogP contribution is 2.15. The van der Waals surface area contributed by atoms with Gasteiger partial charge in [-0.15, -0.1) is 0 Å². The van der Waals surface area contributed by atoms with E-state index in [9.17, 15) is 14.4 Å². The molecule has 0 aromatic heterocycles. The quantitative estimate of drug-likeness (QED) is 0.0262. The second-order valence-electron chi connectivity index (χ2n) is 18.8. The van der Waals surface area contributed by atoms with Crippen LogP contribution in [0.1, 0.15) is 265 Å². The van der Waals surface area contributed by atoms with Gasteiger partial charge in [0.05, 0.1) is 0 Å². The Kier molecular flexibility index (Phi) is 53.9. The minimum atomic E-state index is -0.791. The van der Waals surface area contributed by atoms with Crippen LogP contribution in [0.4, 0.5) is 0 Å². The van der Waals surface area contributed by atoms with Gasteiger partial charge in [-0.3, -0.25) is 14.4 Å². The molecule has 6 heteroatoms. The molecule has 0 rings (SSSR count). The first-order valence-corrected chi connectivity index (χ1v) is 28.7. The van der Waals surface area contributed by atoms with Crippen LogP contribution < -0.4 is 0 Å². The van der Waals surface area contributed by atoms with Gasteiger partial charge in [-0.05, 0) is 96.3 Å². The van der Waals surface area contributed by atoms with E-state index in [2.05, 4.69) is 118 Å². The van der Waals surface area contributed by atoms with Crippen molar-refractivity contribution in [3.63, 3.8) is 0 Å². The summed E-state index contributed by atoms with van der Waals surface area (Å²) in [6.45, 7) is 6.40. The van der Waals surface area contributed by atoms with Crippen LogP contribution in [0.5, 0.6) is 0 Å². The average molecular weight is 960 g/mol. The first-order chi connectivity index (χ1) is 34.0. The van der Waals surface area contributed by atoms with Crippen LogP contribution in [-0.2, 0) is 28.6 Å². The van der Waals surface area contributed by atoms with Crippen molar-refractivity contribution >= 4 is 17.9 Å². The van der Waals surface area contributed by atoms with E-state index in [1.807, 2.05) is 0 Å². The van der Waals surface area contributed by atoms with Crippen molar-refractivity contribution in [1.29, 1.82) is 0 Å². The van der Waals surface area contributed by atoms with Crippen molar-refractivity contribution in [3.8, 4) is 0 Å². The van der Waals surface area contributed by atoms with Crippen molar-refractivity contribution in [2.75, 3.05) is 13.2 Å². The number of hydrogen-bond donors (Lipinski definition) is 0. The second kappa shape index (κ2) is 56.9. The first-order valence-electron chi connectivity index (χ1n) is 28.7. The summed E-state index contributed by atoms with van der Waals surface area (Å²) in [6, 6.07) is 0. The van der Waals surface area contributed by atoms with E-state index in [0.717, 1.165) is 135 Å². The molecular weight excluding hydrogens is 853 g/mol. The van der Waals surface area contributed by atoms with Crippen LogP contribution in [0.2, 0.25) is 0 Å². The van der Waals surface area contributed by atoms with Crippen molar-refractivity contribution in [2.24, 2.45) is 0 Å².